The Kier molecular flexibility index (Phi) is 6.98. The van der Waals surface area contributed by atoms with Crippen molar-refractivity contribution in [3.63, 3.8) is 0 Å². The van der Waals surface area contributed by atoms with Crippen LogP contribution < -0.4 is 15.2 Å². The molecule has 102 valence electrons. The number of benzene rings is 1. The highest BCUT2D eigenvalue weighted by molar-refractivity contribution is 7.99. The molecule has 18 heavy (non-hydrogen) atoms. The van der Waals surface area contributed by atoms with E-state index in [1.807, 2.05) is 36.9 Å². The molecule has 0 aliphatic rings. The molecule has 0 aliphatic carbocycles. The van der Waals surface area contributed by atoms with Crippen LogP contribution in [0.25, 0.3) is 0 Å². The number of hydrogen-bond donors (Lipinski definition) is 1. The van der Waals surface area contributed by atoms with Gasteiger partial charge in [0.1, 0.15) is 0 Å². The number of methoxy groups -OCH3 is 1. The van der Waals surface area contributed by atoms with Crippen LogP contribution >= 0.6 is 11.8 Å². The van der Waals surface area contributed by atoms with E-state index >= 15 is 0 Å². The van der Waals surface area contributed by atoms with Crippen molar-refractivity contribution in [1.29, 1.82) is 0 Å². The molecule has 0 aliphatic heterocycles. The summed E-state index contributed by atoms with van der Waals surface area (Å²) in [6.45, 7) is 4.86. The van der Waals surface area contributed by atoms with Gasteiger partial charge in [-0.05, 0) is 36.8 Å². The van der Waals surface area contributed by atoms with Crippen molar-refractivity contribution >= 4 is 11.8 Å². The molecule has 0 heterocycles. The highest BCUT2D eigenvalue weighted by atomic mass is 32.2. The van der Waals surface area contributed by atoms with E-state index in [1.165, 1.54) is 5.56 Å². The van der Waals surface area contributed by atoms with E-state index in [2.05, 4.69) is 6.92 Å². The van der Waals surface area contributed by atoms with Crippen molar-refractivity contribution in [3.05, 3.63) is 23.8 Å². The van der Waals surface area contributed by atoms with Crippen molar-refractivity contribution < 1.29 is 9.47 Å². The van der Waals surface area contributed by atoms with E-state index in [0.717, 1.165) is 29.4 Å². The Morgan fingerprint density at radius 2 is 2.11 bits per heavy atom. The minimum Gasteiger partial charge on any atom is -0.493 e. The van der Waals surface area contributed by atoms with Crippen LogP contribution in [0.1, 0.15) is 19.4 Å². The first-order valence-electron chi connectivity index (χ1n) is 6.30. The fourth-order valence-corrected chi connectivity index (χ4v) is 2.17. The van der Waals surface area contributed by atoms with Crippen LogP contribution in [0, 0.1) is 0 Å². The van der Waals surface area contributed by atoms with Gasteiger partial charge in [-0.25, -0.2) is 0 Å². The lowest BCUT2D eigenvalue weighted by atomic mass is 10.1. The first-order valence-corrected chi connectivity index (χ1v) is 7.45. The normalized spacial score (nSPS) is 12.2. The molecule has 1 atom stereocenters. The summed E-state index contributed by atoms with van der Waals surface area (Å²) in [7, 11) is 1.67. The molecule has 1 unspecified atom stereocenters. The molecule has 0 saturated heterocycles. The molecule has 0 aromatic heterocycles. The lowest BCUT2D eigenvalue weighted by Crippen LogP contribution is -2.17. The topological polar surface area (TPSA) is 44.5 Å². The van der Waals surface area contributed by atoms with Gasteiger partial charge >= 0.3 is 0 Å². The number of thioether (sulfide) groups is 1. The zero-order valence-electron chi connectivity index (χ0n) is 11.4. The Morgan fingerprint density at radius 3 is 2.72 bits per heavy atom. The molecular weight excluding hydrogens is 246 g/mol. The second-order valence-electron chi connectivity index (χ2n) is 4.21. The molecule has 0 spiro atoms. The van der Waals surface area contributed by atoms with E-state index in [0.29, 0.717) is 6.61 Å². The van der Waals surface area contributed by atoms with Gasteiger partial charge in [0, 0.05) is 11.8 Å². The minimum absolute atomic E-state index is 0.155. The Bertz CT molecular complexity index is 356. The Balaban J connectivity index is 2.62. The van der Waals surface area contributed by atoms with Gasteiger partial charge in [-0.15, -0.1) is 0 Å². The second-order valence-corrected chi connectivity index (χ2v) is 5.61. The van der Waals surface area contributed by atoms with Crippen molar-refractivity contribution in [2.75, 3.05) is 25.2 Å². The summed E-state index contributed by atoms with van der Waals surface area (Å²) in [4.78, 5) is 0. The molecule has 2 N–H and O–H groups in total. The summed E-state index contributed by atoms with van der Waals surface area (Å²) >= 11 is 1.87. The van der Waals surface area contributed by atoms with Gasteiger partial charge in [-0.1, -0.05) is 13.0 Å². The maximum absolute atomic E-state index is 5.79. The maximum atomic E-state index is 5.79. The third-order valence-corrected chi connectivity index (χ3v) is 3.34. The van der Waals surface area contributed by atoms with Crippen LogP contribution in [-0.2, 0) is 6.42 Å². The molecule has 1 rings (SSSR count). The van der Waals surface area contributed by atoms with Crippen LogP contribution in [0.2, 0.25) is 0 Å². The van der Waals surface area contributed by atoms with E-state index in [4.69, 9.17) is 15.2 Å². The van der Waals surface area contributed by atoms with Crippen molar-refractivity contribution in [2.45, 2.75) is 26.3 Å². The quantitative estimate of drug-likeness (QED) is 0.737. The van der Waals surface area contributed by atoms with Gasteiger partial charge in [0.25, 0.3) is 0 Å². The number of nitrogens with two attached hydrogens (primary N) is 1. The standard InChI is InChI=1S/C14H23NO2S/c1-4-18-8-7-17-13-6-5-12(9-11(2)15)10-14(13)16-3/h5-6,10-11H,4,7-9,15H2,1-3H3. The summed E-state index contributed by atoms with van der Waals surface area (Å²) in [6, 6.07) is 6.18. The second kappa shape index (κ2) is 8.27. The highest BCUT2D eigenvalue weighted by Crippen LogP contribution is 2.28. The van der Waals surface area contributed by atoms with Crippen LogP contribution in [0.3, 0.4) is 0 Å². The molecule has 3 nitrogen and oxygen atoms in total. The third kappa shape index (κ3) is 5.19. The van der Waals surface area contributed by atoms with E-state index in [-0.39, 0.29) is 6.04 Å². The SMILES string of the molecule is CCSCCOc1ccc(CC(C)N)cc1OC. The van der Waals surface area contributed by atoms with Gasteiger partial charge < -0.3 is 15.2 Å². The summed E-state index contributed by atoms with van der Waals surface area (Å²) in [6.07, 6.45) is 0.850. The predicted molar refractivity (Wildman–Crippen MR) is 78.8 cm³/mol. The molecule has 0 amide bonds. The fourth-order valence-electron chi connectivity index (χ4n) is 1.68. The number of ether oxygens (including phenoxy) is 2. The Morgan fingerprint density at radius 1 is 1.33 bits per heavy atom. The molecular formula is C14H23NO2S. The predicted octanol–water partition coefficient (Wildman–Crippen LogP) is 2.72. The molecule has 0 saturated carbocycles. The summed E-state index contributed by atoms with van der Waals surface area (Å²) in [5.41, 5.74) is 6.97. The van der Waals surface area contributed by atoms with Gasteiger partial charge in [-0.3, -0.25) is 0 Å². The monoisotopic (exact) mass is 269 g/mol. The molecule has 0 bridgehead atoms. The summed E-state index contributed by atoms with van der Waals surface area (Å²) < 4.78 is 11.1. The zero-order valence-corrected chi connectivity index (χ0v) is 12.3. The smallest absolute Gasteiger partial charge is 0.161 e. The Labute approximate surface area is 114 Å². The van der Waals surface area contributed by atoms with Crippen LogP contribution in [0.4, 0.5) is 0 Å². The van der Waals surface area contributed by atoms with Gasteiger partial charge in [-0.2, -0.15) is 11.8 Å². The number of hydrogen-bond acceptors (Lipinski definition) is 4. The lowest BCUT2D eigenvalue weighted by molar-refractivity contribution is 0.313. The van der Waals surface area contributed by atoms with Crippen LogP contribution in [0.15, 0.2) is 18.2 Å². The average molecular weight is 269 g/mol. The first kappa shape index (κ1) is 15.2. The molecule has 1 aromatic rings. The van der Waals surface area contributed by atoms with E-state index < -0.39 is 0 Å². The van der Waals surface area contributed by atoms with Gasteiger partial charge in [0.15, 0.2) is 11.5 Å². The summed E-state index contributed by atoms with van der Waals surface area (Å²) in [5, 5.41) is 0. The van der Waals surface area contributed by atoms with Crippen molar-refractivity contribution in [3.8, 4) is 11.5 Å². The minimum atomic E-state index is 0.155. The highest BCUT2D eigenvalue weighted by Gasteiger charge is 2.07. The van der Waals surface area contributed by atoms with Crippen LogP contribution in [-0.4, -0.2) is 31.3 Å². The van der Waals surface area contributed by atoms with E-state index in [9.17, 15) is 0 Å². The third-order valence-electron chi connectivity index (χ3n) is 2.48. The van der Waals surface area contributed by atoms with Gasteiger partial charge in [0.2, 0.25) is 0 Å². The zero-order chi connectivity index (χ0) is 13.4. The Hall–Kier alpha value is -0.870. The van der Waals surface area contributed by atoms with Crippen LogP contribution in [0.5, 0.6) is 11.5 Å². The molecule has 4 heteroatoms. The average Bonchev–Trinajstić information content (AvgIpc) is 2.35. The summed E-state index contributed by atoms with van der Waals surface area (Å²) in [5.74, 6) is 3.71. The molecule has 0 fully saturated rings. The lowest BCUT2D eigenvalue weighted by Gasteiger charge is -2.13. The largest absolute Gasteiger partial charge is 0.493 e. The fraction of sp³-hybridized carbons (Fsp3) is 0.571. The molecule has 0 radical (unpaired) electrons. The maximum Gasteiger partial charge on any atom is 0.161 e. The van der Waals surface area contributed by atoms with Crippen molar-refractivity contribution in [2.24, 2.45) is 5.73 Å². The van der Waals surface area contributed by atoms with Gasteiger partial charge in [0.05, 0.1) is 13.7 Å². The number of rotatable bonds is 8. The molecule has 1 aromatic carbocycles. The van der Waals surface area contributed by atoms with Crippen molar-refractivity contribution in [1.82, 2.24) is 0 Å². The van der Waals surface area contributed by atoms with E-state index in [1.54, 1.807) is 7.11 Å². The first-order chi connectivity index (χ1) is 8.67.